The maximum Gasteiger partial charge on any atom is 0.227 e. The molecule has 0 aliphatic carbocycles. The van der Waals surface area contributed by atoms with Crippen molar-refractivity contribution in [3.63, 3.8) is 0 Å². The first-order valence-corrected chi connectivity index (χ1v) is 4.11. The van der Waals surface area contributed by atoms with Crippen molar-refractivity contribution in [1.82, 2.24) is 0 Å². The van der Waals surface area contributed by atoms with Crippen LogP contribution in [0.25, 0.3) is 0 Å². The minimum atomic E-state index is -0.274. The van der Waals surface area contributed by atoms with E-state index in [1.54, 1.807) is 12.1 Å². The second-order valence-corrected chi connectivity index (χ2v) is 3.03. The van der Waals surface area contributed by atoms with E-state index in [2.05, 4.69) is 6.92 Å². The summed E-state index contributed by atoms with van der Waals surface area (Å²) in [5, 5.41) is 0. The number of amides is 1. The Hall–Kier alpha value is -1.38. The lowest BCUT2D eigenvalue weighted by Gasteiger charge is -2.13. The van der Waals surface area contributed by atoms with Crippen LogP contribution < -0.4 is 4.90 Å². The molecule has 0 bridgehead atoms. The Bertz CT molecular complexity index is 362. The zero-order chi connectivity index (χ0) is 9.42. The molecule has 3 heteroatoms. The second-order valence-electron chi connectivity index (χ2n) is 3.03. The van der Waals surface area contributed by atoms with E-state index in [1.807, 2.05) is 0 Å². The number of halogens is 1. The molecule has 0 saturated heterocycles. The van der Waals surface area contributed by atoms with E-state index in [4.69, 9.17) is 0 Å². The molecule has 13 heavy (non-hydrogen) atoms. The van der Waals surface area contributed by atoms with Gasteiger partial charge in [-0.25, -0.2) is 4.39 Å². The molecular formula is C10H9FNO. The number of nitrogens with zero attached hydrogens (tertiary/aromatic N) is 1. The molecule has 0 aromatic heterocycles. The van der Waals surface area contributed by atoms with Gasteiger partial charge in [-0.1, -0.05) is 6.07 Å². The Kier molecular flexibility index (Phi) is 1.79. The normalized spacial score (nSPS) is 14.5. The third kappa shape index (κ3) is 1.20. The van der Waals surface area contributed by atoms with E-state index in [1.165, 1.54) is 11.0 Å². The molecule has 67 valence electrons. The zero-order valence-electron chi connectivity index (χ0n) is 7.09. The molecule has 1 aliphatic heterocycles. The molecule has 0 fully saturated rings. The van der Waals surface area contributed by atoms with Crippen molar-refractivity contribution >= 4 is 11.6 Å². The fourth-order valence-electron chi connectivity index (χ4n) is 1.65. The molecule has 1 aromatic rings. The summed E-state index contributed by atoms with van der Waals surface area (Å²) in [5.74, 6) is -0.509. The van der Waals surface area contributed by atoms with Gasteiger partial charge >= 0.3 is 0 Å². The van der Waals surface area contributed by atoms with Crippen molar-refractivity contribution in [1.29, 1.82) is 0 Å². The van der Waals surface area contributed by atoms with Gasteiger partial charge in [0.05, 0.1) is 0 Å². The van der Waals surface area contributed by atoms with Gasteiger partial charge in [-0.2, -0.15) is 0 Å². The predicted octanol–water partition coefficient (Wildman–Crippen LogP) is 1.55. The van der Waals surface area contributed by atoms with E-state index in [0.717, 1.165) is 0 Å². The highest BCUT2D eigenvalue weighted by Gasteiger charge is 2.23. The van der Waals surface area contributed by atoms with Crippen LogP contribution in [0.3, 0.4) is 0 Å². The van der Waals surface area contributed by atoms with Crippen LogP contribution in [-0.4, -0.2) is 12.5 Å². The summed E-state index contributed by atoms with van der Waals surface area (Å²) < 4.78 is 13.2. The summed E-state index contributed by atoms with van der Waals surface area (Å²) in [4.78, 5) is 12.5. The van der Waals surface area contributed by atoms with Crippen LogP contribution in [-0.2, 0) is 11.2 Å². The van der Waals surface area contributed by atoms with Gasteiger partial charge in [0.1, 0.15) is 5.82 Å². The fraction of sp³-hybridized carbons (Fsp3) is 0.200. The molecule has 1 heterocycles. The highest BCUT2D eigenvalue weighted by molar-refractivity contribution is 5.98. The summed E-state index contributed by atoms with van der Waals surface area (Å²) >= 11 is 0. The van der Waals surface area contributed by atoms with Gasteiger partial charge < -0.3 is 4.90 Å². The number of hydrogen-bond donors (Lipinski definition) is 0. The number of fused-ring (bicyclic) bond motifs is 1. The second kappa shape index (κ2) is 2.83. The molecule has 1 aliphatic rings. The molecule has 1 aromatic carbocycles. The highest BCUT2D eigenvalue weighted by atomic mass is 19.1. The van der Waals surface area contributed by atoms with Crippen molar-refractivity contribution < 1.29 is 9.18 Å². The third-order valence-corrected chi connectivity index (χ3v) is 2.27. The topological polar surface area (TPSA) is 20.3 Å². The molecule has 0 atom stereocenters. The number of benzene rings is 1. The lowest BCUT2D eigenvalue weighted by Crippen LogP contribution is -2.25. The number of anilines is 1. The lowest BCUT2D eigenvalue weighted by molar-refractivity contribution is -0.114. The number of rotatable bonds is 0. The molecular weight excluding hydrogens is 169 g/mol. The van der Waals surface area contributed by atoms with E-state index >= 15 is 0 Å². The Morgan fingerprint density at radius 3 is 3.00 bits per heavy atom. The van der Waals surface area contributed by atoms with E-state index in [9.17, 15) is 9.18 Å². The van der Waals surface area contributed by atoms with Crippen LogP contribution in [0.4, 0.5) is 10.1 Å². The molecule has 0 unspecified atom stereocenters. The van der Waals surface area contributed by atoms with Gasteiger partial charge in [0.15, 0.2) is 0 Å². The minimum Gasteiger partial charge on any atom is -0.312 e. The largest absolute Gasteiger partial charge is 0.312 e. The van der Waals surface area contributed by atoms with Crippen molar-refractivity contribution in [2.75, 3.05) is 11.4 Å². The number of carbonyl (C=O) groups is 1. The molecule has 2 rings (SSSR count). The van der Waals surface area contributed by atoms with Gasteiger partial charge in [0.25, 0.3) is 0 Å². The van der Waals surface area contributed by atoms with Crippen molar-refractivity contribution in [3.05, 3.63) is 36.5 Å². The molecule has 2 nitrogen and oxygen atoms in total. The van der Waals surface area contributed by atoms with Gasteiger partial charge in [0.2, 0.25) is 5.91 Å². The molecule has 1 amide bonds. The average Bonchev–Trinajstić information content (AvgIpc) is 2.48. The Balaban J connectivity index is 2.49. The molecule has 0 N–H and O–H groups in total. The van der Waals surface area contributed by atoms with Crippen molar-refractivity contribution in [3.8, 4) is 0 Å². The highest BCUT2D eigenvalue weighted by Crippen LogP contribution is 2.29. The molecule has 1 radical (unpaired) electrons. The predicted molar refractivity (Wildman–Crippen MR) is 47.8 cm³/mol. The summed E-state index contributed by atoms with van der Waals surface area (Å²) in [5.41, 5.74) is 1.29. The fourth-order valence-corrected chi connectivity index (χ4v) is 1.65. The molecule has 0 spiro atoms. The number of carbonyl (C=O) groups excluding carboxylic acids is 1. The quantitative estimate of drug-likeness (QED) is 0.590. The minimum absolute atomic E-state index is 0.235. The SMILES string of the molecule is [CH2]C(=O)N1CCc2c(F)cccc21. The third-order valence-electron chi connectivity index (χ3n) is 2.27. The Morgan fingerprint density at radius 2 is 2.31 bits per heavy atom. The smallest absolute Gasteiger partial charge is 0.227 e. The van der Waals surface area contributed by atoms with Gasteiger partial charge in [0, 0.05) is 24.7 Å². The van der Waals surface area contributed by atoms with E-state index in [0.29, 0.717) is 24.2 Å². The van der Waals surface area contributed by atoms with E-state index < -0.39 is 0 Å². The maximum absolute atomic E-state index is 13.2. The van der Waals surface area contributed by atoms with Gasteiger partial charge in [-0.05, 0) is 18.6 Å². The van der Waals surface area contributed by atoms with Crippen LogP contribution in [0, 0.1) is 12.7 Å². The first-order chi connectivity index (χ1) is 6.20. The monoisotopic (exact) mass is 178 g/mol. The van der Waals surface area contributed by atoms with Crippen molar-refractivity contribution in [2.24, 2.45) is 0 Å². The maximum atomic E-state index is 13.2. The Labute approximate surface area is 76.0 Å². The van der Waals surface area contributed by atoms with Crippen LogP contribution in [0.2, 0.25) is 0 Å². The lowest BCUT2D eigenvalue weighted by atomic mass is 10.1. The zero-order valence-corrected chi connectivity index (χ0v) is 7.09. The van der Waals surface area contributed by atoms with Gasteiger partial charge in [-0.3, -0.25) is 4.79 Å². The first-order valence-electron chi connectivity index (χ1n) is 4.11. The summed E-state index contributed by atoms with van der Waals surface area (Å²) in [6.45, 7) is 3.85. The van der Waals surface area contributed by atoms with Crippen LogP contribution >= 0.6 is 0 Å². The summed E-state index contributed by atoms with van der Waals surface area (Å²) in [6.07, 6.45) is 0.587. The van der Waals surface area contributed by atoms with Gasteiger partial charge in [-0.15, -0.1) is 0 Å². The standard InChI is InChI=1S/C10H9FNO/c1-7(13)12-6-5-8-9(11)3-2-4-10(8)12/h2-4H,1,5-6H2. The average molecular weight is 178 g/mol. The van der Waals surface area contributed by atoms with E-state index in [-0.39, 0.29) is 11.7 Å². The Morgan fingerprint density at radius 1 is 1.54 bits per heavy atom. The molecule has 0 saturated carbocycles. The van der Waals surface area contributed by atoms with Crippen LogP contribution in [0.5, 0.6) is 0 Å². The summed E-state index contributed by atoms with van der Waals surface area (Å²) in [6, 6.07) is 4.76. The van der Waals surface area contributed by atoms with Crippen LogP contribution in [0.15, 0.2) is 18.2 Å². The summed E-state index contributed by atoms with van der Waals surface area (Å²) in [7, 11) is 0. The van der Waals surface area contributed by atoms with Crippen LogP contribution in [0.1, 0.15) is 5.56 Å². The van der Waals surface area contributed by atoms with Crippen molar-refractivity contribution in [2.45, 2.75) is 6.42 Å². The first kappa shape index (κ1) is 8.23. The number of hydrogen-bond acceptors (Lipinski definition) is 1.